The number of pyridine rings is 1. The van der Waals surface area contributed by atoms with Crippen LogP contribution in [0.2, 0.25) is 0 Å². The molecule has 1 aromatic carbocycles. The second-order valence-electron chi connectivity index (χ2n) is 8.16. The minimum atomic E-state index is -0.0894. The van der Waals surface area contributed by atoms with Crippen molar-refractivity contribution in [1.82, 2.24) is 24.8 Å². The Morgan fingerprint density at radius 3 is 2.72 bits per heavy atom. The summed E-state index contributed by atoms with van der Waals surface area (Å²) in [6, 6.07) is 10.1. The van der Waals surface area contributed by atoms with Crippen LogP contribution in [0.3, 0.4) is 0 Å². The van der Waals surface area contributed by atoms with Crippen LogP contribution in [0.5, 0.6) is 0 Å². The van der Waals surface area contributed by atoms with E-state index in [0.717, 1.165) is 60.6 Å². The van der Waals surface area contributed by atoms with E-state index in [1.54, 1.807) is 0 Å². The minimum absolute atomic E-state index is 0.0894. The standard InChI is InChI=1S/C23H29N5O/c1-16-13-19(21-22(25-16)28-12-8-4-5-11-20(28)26-21)23(29)24-14-17-9-6-7-10-18(17)15-27(2)3/h6-7,9-10,13H,4-5,8,11-12,14-15H2,1-3H3,(H,24,29). The van der Waals surface area contributed by atoms with Crippen molar-refractivity contribution >= 4 is 17.1 Å². The summed E-state index contributed by atoms with van der Waals surface area (Å²) in [4.78, 5) is 24.8. The number of aromatic nitrogens is 3. The molecule has 0 aliphatic carbocycles. The Kier molecular flexibility index (Phi) is 5.62. The fourth-order valence-corrected chi connectivity index (χ4v) is 4.08. The summed E-state index contributed by atoms with van der Waals surface area (Å²) in [5.74, 6) is 0.967. The lowest BCUT2D eigenvalue weighted by Gasteiger charge is -2.15. The molecule has 0 saturated carbocycles. The van der Waals surface area contributed by atoms with Crippen LogP contribution in [0, 0.1) is 6.92 Å². The Balaban J connectivity index is 1.61. The number of fused-ring (bicyclic) bond motifs is 3. The van der Waals surface area contributed by atoms with Crippen LogP contribution in [0.25, 0.3) is 11.2 Å². The summed E-state index contributed by atoms with van der Waals surface area (Å²) in [5, 5.41) is 3.11. The lowest BCUT2D eigenvalue weighted by atomic mass is 10.1. The predicted octanol–water partition coefficient (Wildman–Crippen LogP) is 3.46. The summed E-state index contributed by atoms with van der Waals surface area (Å²) >= 11 is 0. The van der Waals surface area contributed by atoms with Gasteiger partial charge in [0.15, 0.2) is 5.65 Å². The lowest BCUT2D eigenvalue weighted by molar-refractivity contribution is 0.0952. The molecule has 0 fully saturated rings. The zero-order valence-electron chi connectivity index (χ0n) is 17.5. The molecule has 1 aliphatic rings. The van der Waals surface area contributed by atoms with E-state index in [4.69, 9.17) is 9.97 Å². The zero-order chi connectivity index (χ0) is 20.4. The quantitative estimate of drug-likeness (QED) is 0.724. The number of hydrogen-bond donors (Lipinski definition) is 1. The van der Waals surface area contributed by atoms with Gasteiger partial charge in [0.2, 0.25) is 0 Å². The number of amides is 1. The largest absolute Gasteiger partial charge is 0.348 e. The molecule has 0 spiro atoms. The second kappa shape index (κ2) is 8.33. The van der Waals surface area contributed by atoms with Crippen LogP contribution < -0.4 is 5.32 Å². The van der Waals surface area contributed by atoms with Gasteiger partial charge in [-0.2, -0.15) is 0 Å². The van der Waals surface area contributed by atoms with Crippen molar-refractivity contribution in [2.75, 3.05) is 14.1 Å². The highest BCUT2D eigenvalue weighted by Gasteiger charge is 2.20. The van der Waals surface area contributed by atoms with Crippen molar-refractivity contribution in [2.45, 2.75) is 52.2 Å². The van der Waals surface area contributed by atoms with Crippen LogP contribution in [-0.4, -0.2) is 39.4 Å². The Morgan fingerprint density at radius 2 is 1.93 bits per heavy atom. The van der Waals surface area contributed by atoms with Gasteiger partial charge in [-0.05, 0) is 51.1 Å². The normalized spacial score (nSPS) is 14.1. The second-order valence-corrected chi connectivity index (χ2v) is 8.16. The maximum atomic E-state index is 13.1. The third-order valence-electron chi connectivity index (χ3n) is 5.48. The summed E-state index contributed by atoms with van der Waals surface area (Å²) < 4.78 is 2.21. The minimum Gasteiger partial charge on any atom is -0.348 e. The molecule has 0 unspecified atom stereocenters. The molecule has 4 rings (SSSR count). The highest BCUT2D eigenvalue weighted by molar-refractivity contribution is 6.04. The lowest BCUT2D eigenvalue weighted by Crippen LogP contribution is -2.24. The molecule has 0 saturated heterocycles. The first-order chi connectivity index (χ1) is 14.0. The monoisotopic (exact) mass is 391 g/mol. The van der Waals surface area contributed by atoms with Crippen LogP contribution in [0.1, 0.15) is 52.3 Å². The number of carbonyl (C=O) groups is 1. The first kappa shape index (κ1) is 19.6. The molecule has 6 heteroatoms. The number of aryl methyl sites for hydroxylation is 3. The van der Waals surface area contributed by atoms with Crippen LogP contribution >= 0.6 is 0 Å². The van der Waals surface area contributed by atoms with Crippen molar-refractivity contribution in [3.63, 3.8) is 0 Å². The van der Waals surface area contributed by atoms with E-state index in [9.17, 15) is 4.79 Å². The van der Waals surface area contributed by atoms with E-state index in [1.807, 2.05) is 25.1 Å². The van der Waals surface area contributed by atoms with Crippen molar-refractivity contribution in [2.24, 2.45) is 0 Å². The third-order valence-corrected chi connectivity index (χ3v) is 5.48. The Morgan fingerprint density at radius 1 is 1.14 bits per heavy atom. The van der Waals surface area contributed by atoms with Gasteiger partial charge in [0.1, 0.15) is 11.3 Å². The number of benzene rings is 1. The SMILES string of the molecule is Cc1cc(C(=O)NCc2ccccc2CN(C)C)c2nc3n(c2n1)CCCCC3. The number of nitrogens with zero attached hydrogens (tertiary/aromatic N) is 4. The molecular weight excluding hydrogens is 362 g/mol. The first-order valence-corrected chi connectivity index (χ1v) is 10.4. The molecule has 3 aromatic rings. The van der Waals surface area contributed by atoms with Crippen molar-refractivity contribution in [3.8, 4) is 0 Å². The summed E-state index contributed by atoms with van der Waals surface area (Å²) in [6.45, 7) is 4.22. The maximum absolute atomic E-state index is 13.1. The first-order valence-electron chi connectivity index (χ1n) is 10.4. The van der Waals surface area contributed by atoms with Gasteiger partial charge < -0.3 is 14.8 Å². The van der Waals surface area contributed by atoms with E-state index in [0.29, 0.717) is 12.1 Å². The molecule has 152 valence electrons. The number of carbonyl (C=O) groups excluding carboxylic acids is 1. The van der Waals surface area contributed by atoms with Crippen LogP contribution in [0.4, 0.5) is 0 Å². The van der Waals surface area contributed by atoms with Gasteiger partial charge in [0.05, 0.1) is 5.56 Å². The topological polar surface area (TPSA) is 63.1 Å². The van der Waals surface area contributed by atoms with Crippen molar-refractivity contribution in [1.29, 1.82) is 0 Å². The molecule has 1 amide bonds. The number of imidazole rings is 1. The Labute approximate surface area is 172 Å². The molecule has 2 aromatic heterocycles. The maximum Gasteiger partial charge on any atom is 0.253 e. The van der Waals surface area contributed by atoms with Gasteiger partial charge in [-0.1, -0.05) is 30.7 Å². The molecule has 1 N–H and O–H groups in total. The molecule has 29 heavy (non-hydrogen) atoms. The molecule has 0 radical (unpaired) electrons. The highest BCUT2D eigenvalue weighted by Crippen LogP contribution is 2.24. The molecule has 1 aliphatic heterocycles. The summed E-state index contributed by atoms with van der Waals surface area (Å²) in [6.07, 6.45) is 4.45. The van der Waals surface area contributed by atoms with Gasteiger partial charge in [-0.25, -0.2) is 9.97 Å². The fourth-order valence-electron chi connectivity index (χ4n) is 4.08. The average Bonchev–Trinajstić information content (AvgIpc) is 2.87. The van der Waals surface area contributed by atoms with Gasteiger partial charge in [-0.3, -0.25) is 4.79 Å². The van der Waals surface area contributed by atoms with Gasteiger partial charge in [-0.15, -0.1) is 0 Å². The smallest absolute Gasteiger partial charge is 0.253 e. The molecule has 3 heterocycles. The van der Waals surface area contributed by atoms with E-state index >= 15 is 0 Å². The number of nitrogens with one attached hydrogen (secondary N) is 1. The third kappa shape index (κ3) is 4.17. The van der Waals surface area contributed by atoms with Crippen molar-refractivity contribution in [3.05, 3.63) is 58.5 Å². The highest BCUT2D eigenvalue weighted by atomic mass is 16.1. The van der Waals surface area contributed by atoms with Crippen LogP contribution in [-0.2, 0) is 26.1 Å². The molecule has 0 bridgehead atoms. The zero-order valence-corrected chi connectivity index (χ0v) is 17.5. The van der Waals surface area contributed by atoms with Gasteiger partial charge in [0.25, 0.3) is 5.91 Å². The van der Waals surface area contributed by atoms with E-state index in [2.05, 4.69) is 41.0 Å². The fraction of sp³-hybridized carbons (Fsp3) is 0.435. The number of rotatable bonds is 5. The van der Waals surface area contributed by atoms with E-state index in [1.165, 1.54) is 12.0 Å². The predicted molar refractivity (Wildman–Crippen MR) is 115 cm³/mol. The van der Waals surface area contributed by atoms with Gasteiger partial charge in [0, 0.05) is 31.7 Å². The van der Waals surface area contributed by atoms with Crippen LogP contribution in [0.15, 0.2) is 30.3 Å². The van der Waals surface area contributed by atoms with Crippen molar-refractivity contribution < 1.29 is 4.79 Å². The molecule has 0 atom stereocenters. The van der Waals surface area contributed by atoms with E-state index in [-0.39, 0.29) is 5.91 Å². The molecular formula is C23H29N5O. The van der Waals surface area contributed by atoms with Gasteiger partial charge >= 0.3 is 0 Å². The van der Waals surface area contributed by atoms with E-state index < -0.39 is 0 Å². The average molecular weight is 392 g/mol. The Hall–Kier alpha value is -2.73. The Bertz CT molecular complexity index is 1040. The molecule has 6 nitrogen and oxygen atoms in total. The summed E-state index contributed by atoms with van der Waals surface area (Å²) in [5.41, 5.74) is 5.41. The number of hydrogen-bond acceptors (Lipinski definition) is 4. The summed E-state index contributed by atoms with van der Waals surface area (Å²) in [7, 11) is 4.10.